The molecule has 0 aromatic rings. The van der Waals surface area contributed by atoms with Gasteiger partial charge in [0.25, 0.3) is 0 Å². The SMILES string of the molecule is O=C(O)CCCC(=O)OC(=O)CCCCCCCCCCC(=O)OC(=O)CCCC(=O)O. The van der Waals surface area contributed by atoms with Gasteiger partial charge in [0, 0.05) is 38.5 Å². The number of hydrogen-bond donors (Lipinski definition) is 2. The van der Waals surface area contributed by atoms with E-state index in [1.54, 1.807) is 0 Å². The average Bonchev–Trinajstić information content (AvgIpc) is 2.68. The summed E-state index contributed by atoms with van der Waals surface area (Å²) in [5.41, 5.74) is 0. The Hall–Kier alpha value is -2.78. The van der Waals surface area contributed by atoms with Crippen LogP contribution in [0.4, 0.5) is 0 Å². The minimum atomic E-state index is -0.996. The second-order valence-electron chi connectivity index (χ2n) is 7.52. The van der Waals surface area contributed by atoms with Gasteiger partial charge in [-0.25, -0.2) is 0 Å². The van der Waals surface area contributed by atoms with Crippen molar-refractivity contribution in [1.29, 1.82) is 0 Å². The van der Waals surface area contributed by atoms with Crippen LogP contribution in [0.3, 0.4) is 0 Å². The largest absolute Gasteiger partial charge is 0.481 e. The molecule has 0 saturated carbocycles. The zero-order chi connectivity index (χ0) is 24.2. The second-order valence-corrected chi connectivity index (χ2v) is 7.52. The van der Waals surface area contributed by atoms with Crippen LogP contribution in [0.15, 0.2) is 0 Å². The molecule has 0 spiro atoms. The molecule has 0 amide bonds. The first-order valence-electron chi connectivity index (χ1n) is 11.1. The van der Waals surface area contributed by atoms with Crippen molar-refractivity contribution in [2.45, 2.75) is 103 Å². The van der Waals surface area contributed by atoms with Crippen molar-refractivity contribution in [3.8, 4) is 0 Å². The molecular formula is C22H34O10. The van der Waals surface area contributed by atoms with Gasteiger partial charge in [-0.15, -0.1) is 0 Å². The third-order valence-electron chi connectivity index (χ3n) is 4.51. The van der Waals surface area contributed by atoms with Gasteiger partial charge in [-0.1, -0.05) is 38.5 Å². The van der Waals surface area contributed by atoms with Crippen LogP contribution in [0, 0.1) is 0 Å². The van der Waals surface area contributed by atoms with Gasteiger partial charge in [0.05, 0.1) is 0 Å². The standard InChI is InChI=1S/C22H34O10/c23-17(24)11-9-15-21(29)31-19(27)13-7-5-3-1-2-4-6-8-14-20(28)32-22(30)16-10-12-18(25)26/h1-16H2,(H,23,24)(H,25,26). The van der Waals surface area contributed by atoms with Crippen molar-refractivity contribution in [3.63, 3.8) is 0 Å². The zero-order valence-corrected chi connectivity index (χ0v) is 18.5. The molecule has 0 rings (SSSR count). The molecule has 0 aliphatic carbocycles. The number of carboxylic acid groups (broad SMARTS) is 2. The fraction of sp³-hybridized carbons (Fsp3) is 0.727. The Bertz CT molecular complexity index is 572. The van der Waals surface area contributed by atoms with Crippen LogP contribution in [0.2, 0.25) is 0 Å². The van der Waals surface area contributed by atoms with Crippen LogP contribution in [-0.4, -0.2) is 46.0 Å². The van der Waals surface area contributed by atoms with Gasteiger partial charge in [-0.3, -0.25) is 28.8 Å². The van der Waals surface area contributed by atoms with Gasteiger partial charge in [0.1, 0.15) is 0 Å². The number of aliphatic carboxylic acids is 2. The molecule has 0 fully saturated rings. The van der Waals surface area contributed by atoms with Crippen LogP contribution in [0.25, 0.3) is 0 Å². The van der Waals surface area contributed by atoms with Crippen molar-refractivity contribution in [3.05, 3.63) is 0 Å². The van der Waals surface area contributed by atoms with E-state index in [9.17, 15) is 28.8 Å². The predicted molar refractivity (Wildman–Crippen MR) is 111 cm³/mol. The molecule has 10 heteroatoms. The molecule has 0 aliphatic heterocycles. The Morgan fingerprint density at radius 3 is 0.906 bits per heavy atom. The molecule has 0 radical (unpaired) electrons. The molecule has 2 N–H and O–H groups in total. The number of ether oxygens (including phenoxy) is 2. The molecule has 32 heavy (non-hydrogen) atoms. The fourth-order valence-corrected chi connectivity index (χ4v) is 2.83. The molecule has 0 unspecified atom stereocenters. The van der Waals surface area contributed by atoms with Gasteiger partial charge in [0.15, 0.2) is 0 Å². The van der Waals surface area contributed by atoms with E-state index in [2.05, 4.69) is 9.47 Å². The van der Waals surface area contributed by atoms with E-state index in [0.717, 1.165) is 38.5 Å². The molecule has 0 aliphatic rings. The van der Waals surface area contributed by atoms with Gasteiger partial charge >= 0.3 is 35.8 Å². The highest BCUT2D eigenvalue weighted by Gasteiger charge is 2.12. The van der Waals surface area contributed by atoms with Crippen molar-refractivity contribution in [1.82, 2.24) is 0 Å². The number of carbonyl (C=O) groups is 6. The van der Waals surface area contributed by atoms with E-state index in [-0.39, 0.29) is 51.4 Å². The fourth-order valence-electron chi connectivity index (χ4n) is 2.83. The molecule has 0 atom stereocenters. The highest BCUT2D eigenvalue weighted by atomic mass is 16.6. The summed E-state index contributed by atoms with van der Waals surface area (Å²) in [6.07, 6.45) is 6.90. The Kier molecular flexibility index (Phi) is 17.3. The van der Waals surface area contributed by atoms with Crippen molar-refractivity contribution in [2.75, 3.05) is 0 Å². The molecule has 0 heterocycles. The summed E-state index contributed by atoms with van der Waals surface area (Å²) in [7, 11) is 0. The maximum absolute atomic E-state index is 11.5. The second kappa shape index (κ2) is 18.9. The summed E-state index contributed by atoms with van der Waals surface area (Å²) < 4.78 is 9.25. The van der Waals surface area contributed by atoms with E-state index in [1.165, 1.54) is 0 Å². The molecule has 0 bridgehead atoms. The van der Waals surface area contributed by atoms with Crippen molar-refractivity contribution >= 4 is 35.8 Å². The van der Waals surface area contributed by atoms with Crippen molar-refractivity contribution in [2.24, 2.45) is 0 Å². The average molecular weight is 459 g/mol. The Morgan fingerprint density at radius 1 is 0.375 bits per heavy atom. The summed E-state index contributed by atoms with van der Waals surface area (Å²) in [6, 6.07) is 0. The number of unbranched alkanes of at least 4 members (excludes halogenated alkanes) is 7. The third-order valence-corrected chi connectivity index (χ3v) is 4.51. The molecule has 0 saturated heterocycles. The molecule has 0 aromatic heterocycles. The van der Waals surface area contributed by atoms with Crippen LogP contribution in [0.5, 0.6) is 0 Å². The first-order chi connectivity index (χ1) is 15.2. The highest BCUT2D eigenvalue weighted by molar-refractivity contribution is 5.86. The molecule has 10 nitrogen and oxygen atoms in total. The van der Waals surface area contributed by atoms with E-state index < -0.39 is 35.8 Å². The number of carbonyl (C=O) groups excluding carboxylic acids is 4. The van der Waals surface area contributed by atoms with E-state index in [1.807, 2.05) is 0 Å². The molecule has 182 valence electrons. The van der Waals surface area contributed by atoms with Crippen molar-refractivity contribution < 1.29 is 48.5 Å². The van der Waals surface area contributed by atoms with Gasteiger partial charge < -0.3 is 19.7 Å². The van der Waals surface area contributed by atoms with Gasteiger partial charge in [-0.05, 0) is 25.7 Å². The lowest BCUT2D eigenvalue weighted by molar-refractivity contribution is -0.161. The van der Waals surface area contributed by atoms with Crippen LogP contribution >= 0.6 is 0 Å². The van der Waals surface area contributed by atoms with Crippen LogP contribution in [-0.2, 0) is 38.2 Å². The maximum atomic E-state index is 11.5. The summed E-state index contributed by atoms with van der Waals surface area (Å²) in [5.74, 6) is -4.55. The maximum Gasteiger partial charge on any atom is 0.313 e. The van der Waals surface area contributed by atoms with Crippen LogP contribution in [0.1, 0.15) is 103 Å². The Labute approximate surface area is 187 Å². The monoisotopic (exact) mass is 458 g/mol. The minimum Gasteiger partial charge on any atom is -0.481 e. The first-order valence-corrected chi connectivity index (χ1v) is 11.1. The zero-order valence-electron chi connectivity index (χ0n) is 18.5. The predicted octanol–water partition coefficient (Wildman–Crippen LogP) is 3.54. The smallest absolute Gasteiger partial charge is 0.313 e. The topological polar surface area (TPSA) is 161 Å². The van der Waals surface area contributed by atoms with E-state index in [4.69, 9.17) is 10.2 Å². The summed E-state index contributed by atoms with van der Waals surface area (Å²) >= 11 is 0. The normalized spacial score (nSPS) is 10.4. The third kappa shape index (κ3) is 20.5. The number of esters is 4. The number of carboxylic acids is 2. The van der Waals surface area contributed by atoms with Gasteiger partial charge in [-0.2, -0.15) is 0 Å². The quantitative estimate of drug-likeness (QED) is 0.166. The number of hydrogen-bond acceptors (Lipinski definition) is 8. The lowest BCUT2D eigenvalue weighted by Crippen LogP contribution is -2.12. The summed E-state index contributed by atoms with van der Waals surface area (Å²) in [6.45, 7) is 0. The highest BCUT2D eigenvalue weighted by Crippen LogP contribution is 2.12. The first kappa shape index (κ1) is 29.2. The Morgan fingerprint density at radius 2 is 0.625 bits per heavy atom. The lowest BCUT2D eigenvalue weighted by Gasteiger charge is -2.04. The molecular weight excluding hydrogens is 424 g/mol. The molecule has 0 aromatic carbocycles. The lowest BCUT2D eigenvalue weighted by atomic mass is 10.1. The van der Waals surface area contributed by atoms with Gasteiger partial charge in [0.2, 0.25) is 0 Å². The summed E-state index contributed by atoms with van der Waals surface area (Å²) in [4.78, 5) is 66.4. The Balaban J connectivity index is 3.49. The van der Waals surface area contributed by atoms with E-state index >= 15 is 0 Å². The number of rotatable bonds is 19. The minimum absolute atomic E-state index is 0.0845. The van der Waals surface area contributed by atoms with E-state index in [0.29, 0.717) is 12.8 Å². The van der Waals surface area contributed by atoms with Crippen LogP contribution < -0.4 is 0 Å². The summed E-state index contributed by atoms with van der Waals surface area (Å²) in [5, 5.41) is 17.0.